The smallest absolute Gasteiger partial charge is 0.319 e. The SMILES string of the molecule is COC(=O)CNCC1CCSC1. The van der Waals surface area contributed by atoms with E-state index < -0.39 is 0 Å². The number of hydrogen-bond donors (Lipinski definition) is 1. The minimum absolute atomic E-state index is 0.180. The van der Waals surface area contributed by atoms with Gasteiger partial charge in [-0.25, -0.2) is 0 Å². The summed E-state index contributed by atoms with van der Waals surface area (Å²) in [5.74, 6) is 3.07. The van der Waals surface area contributed by atoms with Crippen LogP contribution in [0.4, 0.5) is 0 Å². The standard InChI is InChI=1S/C8H15NO2S/c1-11-8(10)5-9-4-7-2-3-12-6-7/h7,9H,2-6H2,1H3. The Morgan fingerprint density at radius 2 is 2.58 bits per heavy atom. The molecule has 3 nitrogen and oxygen atoms in total. The van der Waals surface area contributed by atoms with Crippen molar-refractivity contribution in [2.75, 3.05) is 31.7 Å². The van der Waals surface area contributed by atoms with E-state index in [4.69, 9.17) is 0 Å². The molecule has 12 heavy (non-hydrogen) atoms. The number of thioether (sulfide) groups is 1. The maximum atomic E-state index is 10.7. The van der Waals surface area contributed by atoms with Gasteiger partial charge in [-0.2, -0.15) is 11.8 Å². The average molecular weight is 189 g/mol. The molecule has 0 aromatic heterocycles. The highest BCUT2D eigenvalue weighted by atomic mass is 32.2. The van der Waals surface area contributed by atoms with E-state index in [-0.39, 0.29) is 5.97 Å². The third-order valence-electron chi connectivity index (χ3n) is 1.95. The van der Waals surface area contributed by atoms with E-state index in [2.05, 4.69) is 10.1 Å². The zero-order chi connectivity index (χ0) is 8.81. The van der Waals surface area contributed by atoms with Gasteiger partial charge in [-0.05, 0) is 30.4 Å². The maximum Gasteiger partial charge on any atom is 0.319 e. The molecule has 0 aromatic carbocycles. The summed E-state index contributed by atoms with van der Waals surface area (Å²) < 4.78 is 4.51. The molecule has 0 amide bonds. The fraction of sp³-hybridized carbons (Fsp3) is 0.875. The molecule has 0 aromatic rings. The molecule has 1 N–H and O–H groups in total. The van der Waals surface area contributed by atoms with Crippen molar-refractivity contribution in [1.82, 2.24) is 5.32 Å². The van der Waals surface area contributed by atoms with Crippen LogP contribution in [-0.2, 0) is 9.53 Å². The van der Waals surface area contributed by atoms with Crippen LogP contribution >= 0.6 is 11.8 Å². The Bertz CT molecular complexity index is 146. The molecule has 1 heterocycles. The second-order valence-corrected chi connectivity index (χ2v) is 4.09. The van der Waals surface area contributed by atoms with E-state index in [1.54, 1.807) is 0 Å². The summed E-state index contributed by atoms with van der Waals surface area (Å²) in [7, 11) is 1.41. The molecule has 70 valence electrons. The second kappa shape index (κ2) is 5.43. The number of rotatable bonds is 4. The van der Waals surface area contributed by atoms with Crippen molar-refractivity contribution in [3.05, 3.63) is 0 Å². The molecular weight excluding hydrogens is 174 g/mol. The Morgan fingerprint density at radius 3 is 3.17 bits per heavy atom. The van der Waals surface area contributed by atoms with Gasteiger partial charge in [-0.1, -0.05) is 0 Å². The summed E-state index contributed by atoms with van der Waals surface area (Å²) in [6.45, 7) is 1.29. The lowest BCUT2D eigenvalue weighted by Gasteiger charge is -2.08. The Morgan fingerprint density at radius 1 is 1.75 bits per heavy atom. The molecule has 1 aliphatic heterocycles. The van der Waals surface area contributed by atoms with E-state index in [9.17, 15) is 4.79 Å². The van der Waals surface area contributed by atoms with Crippen molar-refractivity contribution in [1.29, 1.82) is 0 Å². The van der Waals surface area contributed by atoms with Gasteiger partial charge in [0.15, 0.2) is 0 Å². The second-order valence-electron chi connectivity index (χ2n) is 2.94. The van der Waals surface area contributed by atoms with Gasteiger partial charge >= 0.3 is 5.97 Å². The Labute approximate surface area is 77.2 Å². The first-order valence-electron chi connectivity index (χ1n) is 4.18. The minimum Gasteiger partial charge on any atom is -0.468 e. The van der Waals surface area contributed by atoms with Crippen molar-refractivity contribution in [2.24, 2.45) is 5.92 Å². The number of carbonyl (C=O) groups is 1. The first kappa shape index (κ1) is 9.86. The summed E-state index contributed by atoms with van der Waals surface area (Å²) in [6.07, 6.45) is 1.28. The van der Waals surface area contributed by atoms with E-state index in [0.717, 1.165) is 12.5 Å². The molecule has 1 aliphatic rings. The number of carbonyl (C=O) groups excluding carboxylic acids is 1. The normalized spacial score (nSPS) is 22.6. The Hall–Kier alpha value is -0.220. The van der Waals surface area contributed by atoms with Crippen LogP contribution in [0, 0.1) is 5.92 Å². The topological polar surface area (TPSA) is 38.3 Å². The van der Waals surface area contributed by atoms with Crippen LogP contribution in [0.25, 0.3) is 0 Å². The monoisotopic (exact) mass is 189 g/mol. The van der Waals surface area contributed by atoms with Crippen LogP contribution in [0.2, 0.25) is 0 Å². The summed E-state index contributed by atoms with van der Waals surface area (Å²) in [4.78, 5) is 10.7. The lowest BCUT2D eigenvalue weighted by atomic mass is 10.1. The predicted octanol–water partition coefficient (Wildman–Crippen LogP) is 0.502. The van der Waals surface area contributed by atoms with Crippen LogP contribution in [0.5, 0.6) is 0 Å². The van der Waals surface area contributed by atoms with Crippen LogP contribution in [0.1, 0.15) is 6.42 Å². The Kier molecular flexibility index (Phi) is 4.46. The molecule has 1 saturated heterocycles. The van der Waals surface area contributed by atoms with Gasteiger partial charge in [0.05, 0.1) is 13.7 Å². The fourth-order valence-electron chi connectivity index (χ4n) is 1.19. The number of methoxy groups -OCH3 is 1. The lowest BCUT2D eigenvalue weighted by Crippen LogP contribution is -2.28. The predicted molar refractivity (Wildman–Crippen MR) is 50.3 cm³/mol. The molecule has 0 saturated carbocycles. The van der Waals surface area contributed by atoms with Gasteiger partial charge in [-0.3, -0.25) is 4.79 Å². The number of esters is 1. The quantitative estimate of drug-likeness (QED) is 0.654. The highest BCUT2D eigenvalue weighted by Gasteiger charge is 2.14. The fourth-order valence-corrected chi connectivity index (χ4v) is 2.48. The number of hydrogen-bond acceptors (Lipinski definition) is 4. The van der Waals surface area contributed by atoms with Gasteiger partial charge in [0, 0.05) is 0 Å². The first-order valence-corrected chi connectivity index (χ1v) is 5.33. The zero-order valence-electron chi connectivity index (χ0n) is 7.34. The third kappa shape index (κ3) is 3.45. The van der Waals surface area contributed by atoms with Gasteiger partial charge < -0.3 is 10.1 Å². The number of nitrogens with one attached hydrogen (secondary N) is 1. The van der Waals surface area contributed by atoms with Crippen LogP contribution in [-0.4, -0.2) is 37.7 Å². The zero-order valence-corrected chi connectivity index (χ0v) is 8.15. The molecule has 0 bridgehead atoms. The average Bonchev–Trinajstić information content (AvgIpc) is 2.57. The molecule has 1 atom stereocenters. The van der Waals surface area contributed by atoms with Gasteiger partial charge in [0.1, 0.15) is 0 Å². The maximum absolute atomic E-state index is 10.7. The lowest BCUT2D eigenvalue weighted by molar-refractivity contribution is -0.139. The van der Waals surface area contributed by atoms with Crippen molar-refractivity contribution >= 4 is 17.7 Å². The molecule has 4 heteroatoms. The first-order chi connectivity index (χ1) is 5.83. The van der Waals surface area contributed by atoms with Crippen molar-refractivity contribution in [3.63, 3.8) is 0 Å². The highest BCUT2D eigenvalue weighted by Crippen LogP contribution is 2.22. The summed E-state index contributed by atoms with van der Waals surface area (Å²) >= 11 is 1.99. The van der Waals surface area contributed by atoms with Crippen LogP contribution in [0.15, 0.2) is 0 Å². The third-order valence-corrected chi connectivity index (χ3v) is 3.19. The van der Waals surface area contributed by atoms with E-state index in [1.807, 2.05) is 11.8 Å². The summed E-state index contributed by atoms with van der Waals surface area (Å²) in [6, 6.07) is 0. The highest BCUT2D eigenvalue weighted by molar-refractivity contribution is 7.99. The molecule has 1 unspecified atom stereocenters. The van der Waals surface area contributed by atoms with E-state index in [1.165, 1.54) is 25.0 Å². The Balaban J connectivity index is 1.97. The van der Waals surface area contributed by atoms with Crippen molar-refractivity contribution in [2.45, 2.75) is 6.42 Å². The van der Waals surface area contributed by atoms with Gasteiger partial charge in [0.2, 0.25) is 0 Å². The van der Waals surface area contributed by atoms with Crippen molar-refractivity contribution < 1.29 is 9.53 Å². The van der Waals surface area contributed by atoms with Gasteiger partial charge in [-0.15, -0.1) is 0 Å². The molecule has 0 radical (unpaired) electrons. The molecule has 1 fully saturated rings. The molecular formula is C8H15NO2S. The summed E-state index contributed by atoms with van der Waals surface area (Å²) in [5, 5.41) is 3.09. The largest absolute Gasteiger partial charge is 0.468 e. The minimum atomic E-state index is -0.180. The van der Waals surface area contributed by atoms with Gasteiger partial charge in [0.25, 0.3) is 0 Å². The molecule has 0 aliphatic carbocycles. The van der Waals surface area contributed by atoms with E-state index in [0.29, 0.717) is 6.54 Å². The van der Waals surface area contributed by atoms with Crippen LogP contribution in [0.3, 0.4) is 0 Å². The summed E-state index contributed by atoms with van der Waals surface area (Å²) in [5.41, 5.74) is 0. The molecule has 0 spiro atoms. The number of ether oxygens (including phenoxy) is 1. The van der Waals surface area contributed by atoms with Crippen molar-refractivity contribution in [3.8, 4) is 0 Å². The van der Waals surface area contributed by atoms with Crippen LogP contribution < -0.4 is 5.32 Å². The van der Waals surface area contributed by atoms with E-state index >= 15 is 0 Å². The molecule has 1 rings (SSSR count).